The Morgan fingerprint density at radius 1 is 1.15 bits per heavy atom. The third kappa shape index (κ3) is 3.20. The molecule has 1 amide bonds. The lowest BCUT2D eigenvalue weighted by Gasteiger charge is -2.18. The predicted octanol–water partition coefficient (Wildman–Crippen LogP) is 3.63. The molecule has 20 heavy (non-hydrogen) atoms. The number of carbonyl (C=O) groups excluding carboxylic acids is 1. The molecule has 0 heterocycles. The van der Waals surface area contributed by atoms with Gasteiger partial charge in [0.2, 0.25) is 5.91 Å². The number of hydrogen-bond donors (Lipinski definition) is 1. The molecule has 2 aliphatic rings. The quantitative estimate of drug-likeness (QED) is 0.873. The fraction of sp³-hybridized carbons (Fsp3) is 0.588. The molecule has 2 fully saturated rings. The summed E-state index contributed by atoms with van der Waals surface area (Å²) in [5, 5.41) is 3.13. The molecule has 3 rings (SSSR count). The topological polar surface area (TPSA) is 29.1 Å². The molecule has 1 unspecified atom stereocenters. The molecule has 1 aromatic rings. The first-order valence-electron chi connectivity index (χ1n) is 7.77. The molecule has 0 saturated heterocycles. The Morgan fingerprint density at radius 2 is 1.80 bits per heavy atom. The van der Waals surface area contributed by atoms with Gasteiger partial charge in [0.05, 0.1) is 5.92 Å². The molecule has 1 aromatic carbocycles. The van der Waals surface area contributed by atoms with Crippen LogP contribution in [0.5, 0.6) is 0 Å². The zero-order chi connectivity index (χ0) is 13.9. The second-order valence-electron chi connectivity index (χ2n) is 6.26. The van der Waals surface area contributed by atoms with Gasteiger partial charge in [0.1, 0.15) is 5.82 Å². The monoisotopic (exact) mass is 275 g/mol. The molecule has 3 heteroatoms. The Morgan fingerprint density at radius 3 is 2.40 bits per heavy atom. The molecule has 0 spiro atoms. The standard InChI is InChI=1S/C17H22FNO/c18-15-9-7-14(8-10-15)16(13-5-6-13)17(20)19-11-12-3-1-2-4-12/h7-10,12-13,16H,1-6,11H2,(H,19,20). The van der Waals surface area contributed by atoms with Crippen molar-refractivity contribution in [2.24, 2.45) is 11.8 Å². The van der Waals surface area contributed by atoms with Gasteiger partial charge in [0.25, 0.3) is 0 Å². The van der Waals surface area contributed by atoms with Crippen molar-refractivity contribution in [1.29, 1.82) is 0 Å². The molecule has 0 aliphatic heterocycles. The van der Waals surface area contributed by atoms with Crippen LogP contribution in [0.3, 0.4) is 0 Å². The van der Waals surface area contributed by atoms with Crippen molar-refractivity contribution in [1.82, 2.24) is 5.32 Å². The summed E-state index contributed by atoms with van der Waals surface area (Å²) in [6.07, 6.45) is 7.29. The lowest BCUT2D eigenvalue weighted by molar-refractivity contribution is -0.123. The summed E-state index contributed by atoms with van der Waals surface area (Å²) in [5.74, 6) is 0.911. The van der Waals surface area contributed by atoms with Gasteiger partial charge in [-0.05, 0) is 55.2 Å². The minimum Gasteiger partial charge on any atom is -0.355 e. The van der Waals surface area contributed by atoms with Gasteiger partial charge in [0.15, 0.2) is 0 Å². The SMILES string of the molecule is O=C(NCC1CCCC1)C(c1ccc(F)cc1)C1CC1. The van der Waals surface area contributed by atoms with Crippen LogP contribution in [0.1, 0.15) is 50.0 Å². The number of amides is 1. The molecule has 1 atom stereocenters. The number of hydrogen-bond acceptors (Lipinski definition) is 1. The van der Waals surface area contributed by atoms with Crippen LogP contribution in [0.15, 0.2) is 24.3 Å². The van der Waals surface area contributed by atoms with Crippen LogP contribution >= 0.6 is 0 Å². The van der Waals surface area contributed by atoms with Crippen molar-refractivity contribution in [3.63, 3.8) is 0 Å². The Kier molecular flexibility index (Phi) is 4.04. The van der Waals surface area contributed by atoms with E-state index in [1.165, 1.54) is 37.8 Å². The Bertz CT molecular complexity index is 460. The average Bonchev–Trinajstić information content (AvgIpc) is 3.14. The van der Waals surface area contributed by atoms with Crippen molar-refractivity contribution >= 4 is 5.91 Å². The predicted molar refractivity (Wildman–Crippen MR) is 76.8 cm³/mol. The van der Waals surface area contributed by atoms with E-state index >= 15 is 0 Å². The van der Waals surface area contributed by atoms with Crippen molar-refractivity contribution in [2.75, 3.05) is 6.54 Å². The Labute approximate surface area is 119 Å². The van der Waals surface area contributed by atoms with Crippen molar-refractivity contribution in [2.45, 2.75) is 44.4 Å². The molecule has 0 radical (unpaired) electrons. The molecule has 0 bridgehead atoms. The van der Waals surface area contributed by atoms with Crippen LogP contribution in [0.2, 0.25) is 0 Å². The summed E-state index contributed by atoms with van der Waals surface area (Å²) in [6, 6.07) is 6.42. The number of rotatable bonds is 5. The first-order chi connectivity index (χ1) is 9.74. The van der Waals surface area contributed by atoms with Crippen LogP contribution in [0.4, 0.5) is 4.39 Å². The minimum atomic E-state index is -0.241. The van der Waals surface area contributed by atoms with Crippen LogP contribution in [0.25, 0.3) is 0 Å². The summed E-state index contributed by atoms with van der Waals surface area (Å²) >= 11 is 0. The van der Waals surface area contributed by atoms with Gasteiger partial charge in [-0.25, -0.2) is 4.39 Å². The second kappa shape index (κ2) is 5.94. The summed E-state index contributed by atoms with van der Waals surface area (Å²) in [7, 11) is 0. The number of nitrogens with one attached hydrogen (secondary N) is 1. The summed E-state index contributed by atoms with van der Waals surface area (Å²) in [6.45, 7) is 0.809. The highest BCUT2D eigenvalue weighted by molar-refractivity contribution is 5.84. The van der Waals surface area contributed by atoms with E-state index in [1.54, 1.807) is 12.1 Å². The Balaban J connectivity index is 1.63. The van der Waals surface area contributed by atoms with E-state index in [0.717, 1.165) is 24.9 Å². The van der Waals surface area contributed by atoms with E-state index < -0.39 is 0 Å². The maximum absolute atomic E-state index is 13.0. The average molecular weight is 275 g/mol. The van der Waals surface area contributed by atoms with Crippen LogP contribution in [-0.2, 0) is 4.79 Å². The fourth-order valence-corrected chi connectivity index (χ4v) is 3.31. The summed E-state index contributed by atoms with van der Waals surface area (Å²) < 4.78 is 13.0. The van der Waals surface area contributed by atoms with E-state index in [0.29, 0.717) is 11.8 Å². The number of carbonyl (C=O) groups is 1. The highest BCUT2D eigenvalue weighted by Gasteiger charge is 2.37. The fourth-order valence-electron chi connectivity index (χ4n) is 3.31. The zero-order valence-corrected chi connectivity index (χ0v) is 11.8. The van der Waals surface area contributed by atoms with Gasteiger partial charge in [-0.15, -0.1) is 0 Å². The summed E-state index contributed by atoms with van der Waals surface area (Å²) in [4.78, 5) is 12.5. The number of benzene rings is 1. The van der Waals surface area contributed by atoms with Gasteiger partial charge in [0, 0.05) is 6.54 Å². The molecule has 2 nitrogen and oxygen atoms in total. The van der Waals surface area contributed by atoms with E-state index in [4.69, 9.17) is 0 Å². The minimum absolute atomic E-state index is 0.0861. The maximum atomic E-state index is 13.0. The van der Waals surface area contributed by atoms with E-state index in [1.807, 2.05) is 0 Å². The van der Waals surface area contributed by atoms with Crippen LogP contribution in [-0.4, -0.2) is 12.5 Å². The van der Waals surface area contributed by atoms with Gasteiger partial charge in [-0.1, -0.05) is 25.0 Å². The Hall–Kier alpha value is -1.38. The summed E-state index contributed by atoms with van der Waals surface area (Å²) in [5.41, 5.74) is 0.956. The molecule has 108 valence electrons. The van der Waals surface area contributed by atoms with E-state index in [9.17, 15) is 9.18 Å². The van der Waals surface area contributed by atoms with Gasteiger partial charge in [-0.3, -0.25) is 4.79 Å². The van der Waals surface area contributed by atoms with Crippen LogP contribution in [0, 0.1) is 17.7 Å². The molecule has 2 aliphatic carbocycles. The molecular weight excluding hydrogens is 253 g/mol. The highest BCUT2D eigenvalue weighted by atomic mass is 19.1. The highest BCUT2D eigenvalue weighted by Crippen LogP contribution is 2.42. The van der Waals surface area contributed by atoms with Crippen LogP contribution < -0.4 is 5.32 Å². The smallest absolute Gasteiger partial charge is 0.227 e. The largest absolute Gasteiger partial charge is 0.355 e. The number of halogens is 1. The molecule has 2 saturated carbocycles. The van der Waals surface area contributed by atoms with Crippen molar-refractivity contribution in [3.05, 3.63) is 35.6 Å². The normalized spacial score (nSPS) is 20.9. The first kappa shape index (κ1) is 13.6. The van der Waals surface area contributed by atoms with E-state index in [-0.39, 0.29) is 17.6 Å². The maximum Gasteiger partial charge on any atom is 0.227 e. The molecule has 0 aromatic heterocycles. The molecular formula is C17H22FNO. The second-order valence-corrected chi connectivity index (χ2v) is 6.26. The van der Waals surface area contributed by atoms with Gasteiger partial charge in [-0.2, -0.15) is 0 Å². The zero-order valence-electron chi connectivity index (χ0n) is 11.8. The first-order valence-corrected chi connectivity index (χ1v) is 7.77. The lowest BCUT2D eigenvalue weighted by Crippen LogP contribution is -2.33. The molecule has 1 N–H and O–H groups in total. The van der Waals surface area contributed by atoms with E-state index in [2.05, 4.69) is 5.32 Å². The van der Waals surface area contributed by atoms with Crippen molar-refractivity contribution in [3.8, 4) is 0 Å². The third-order valence-electron chi connectivity index (χ3n) is 4.64. The lowest BCUT2D eigenvalue weighted by atomic mass is 9.93. The van der Waals surface area contributed by atoms with Gasteiger partial charge >= 0.3 is 0 Å². The van der Waals surface area contributed by atoms with Gasteiger partial charge < -0.3 is 5.32 Å². The van der Waals surface area contributed by atoms with Crippen molar-refractivity contribution < 1.29 is 9.18 Å². The third-order valence-corrected chi connectivity index (χ3v) is 4.64.